The van der Waals surface area contributed by atoms with Crippen LogP contribution in [0.1, 0.15) is 10.5 Å². The number of carbonyl (C=O) groups excluding carboxylic acids is 1. The maximum Gasteiger partial charge on any atom is 0.354 e. The smallest absolute Gasteiger partial charge is 0.354 e. The molecule has 3 rings (SSSR count). The Morgan fingerprint density at radius 3 is 2.54 bits per heavy atom. The average Bonchev–Trinajstić information content (AvgIpc) is 3.19. The van der Waals surface area contributed by atoms with Crippen molar-refractivity contribution in [2.24, 2.45) is 0 Å². The molecule has 1 fully saturated rings. The SMILES string of the molecule is COC(=O)c1cc(S(=O)(=O)Nc2ccc(S(=O)(=O)N3CCOCC3)cn2)c[nH]1. The number of hydrogen-bond acceptors (Lipinski definition) is 8. The van der Waals surface area contributed by atoms with E-state index >= 15 is 0 Å². The lowest BCUT2D eigenvalue weighted by molar-refractivity contribution is 0.0594. The Kier molecular flexibility index (Phi) is 5.69. The highest BCUT2D eigenvalue weighted by molar-refractivity contribution is 7.92. The topological polar surface area (TPSA) is 148 Å². The molecule has 1 aliphatic heterocycles. The second-order valence-electron chi connectivity index (χ2n) is 5.74. The fourth-order valence-electron chi connectivity index (χ4n) is 2.48. The van der Waals surface area contributed by atoms with Crippen LogP contribution in [0.5, 0.6) is 0 Å². The first-order valence-corrected chi connectivity index (χ1v) is 11.0. The van der Waals surface area contributed by atoms with Gasteiger partial charge in [-0.2, -0.15) is 4.31 Å². The van der Waals surface area contributed by atoms with E-state index in [9.17, 15) is 21.6 Å². The first-order chi connectivity index (χ1) is 13.2. The van der Waals surface area contributed by atoms with E-state index in [1.807, 2.05) is 0 Å². The second kappa shape index (κ2) is 7.87. The molecule has 0 bridgehead atoms. The number of hydrogen-bond donors (Lipinski definition) is 2. The van der Waals surface area contributed by atoms with E-state index in [0.29, 0.717) is 13.2 Å². The van der Waals surface area contributed by atoms with Gasteiger partial charge in [0.05, 0.1) is 20.3 Å². The molecule has 1 saturated heterocycles. The molecule has 0 spiro atoms. The number of pyridine rings is 1. The largest absolute Gasteiger partial charge is 0.464 e. The molecule has 0 amide bonds. The fourth-order valence-corrected chi connectivity index (χ4v) is 4.84. The van der Waals surface area contributed by atoms with Crippen molar-refractivity contribution in [1.29, 1.82) is 0 Å². The number of aromatic nitrogens is 2. The van der Waals surface area contributed by atoms with E-state index in [1.165, 1.54) is 23.5 Å². The molecule has 0 saturated carbocycles. The number of nitrogens with one attached hydrogen (secondary N) is 2. The van der Waals surface area contributed by atoms with E-state index in [4.69, 9.17) is 4.74 Å². The van der Waals surface area contributed by atoms with Gasteiger partial charge in [-0.15, -0.1) is 0 Å². The number of sulfonamides is 2. The third-order valence-corrected chi connectivity index (χ3v) is 7.17. The standard InChI is InChI=1S/C15H18N4O7S2/c1-25-15(20)13-8-12(10-16-13)27(21,22)18-14-3-2-11(9-17-14)28(23,24)19-4-6-26-7-5-19/h2-3,8-10,16H,4-7H2,1H3,(H,17,18). The molecule has 2 aromatic rings. The van der Waals surface area contributed by atoms with Crippen LogP contribution in [-0.2, 0) is 29.5 Å². The molecule has 0 aliphatic carbocycles. The van der Waals surface area contributed by atoms with Crippen LogP contribution in [0.25, 0.3) is 0 Å². The molecule has 1 aliphatic rings. The van der Waals surface area contributed by atoms with Gasteiger partial charge in [0, 0.05) is 25.5 Å². The van der Waals surface area contributed by atoms with Crippen molar-refractivity contribution in [1.82, 2.24) is 14.3 Å². The number of rotatable bonds is 6. The number of esters is 1. The third kappa shape index (κ3) is 4.16. The summed E-state index contributed by atoms with van der Waals surface area (Å²) in [5.41, 5.74) is -0.0252. The van der Waals surface area contributed by atoms with Crippen molar-refractivity contribution in [2.75, 3.05) is 38.1 Å². The van der Waals surface area contributed by atoms with Gasteiger partial charge in [0.1, 0.15) is 21.3 Å². The summed E-state index contributed by atoms with van der Waals surface area (Å²) in [5, 5.41) is 0. The minimum atomic E-state index is -4.03. The molecule has 13 heteroatoms. The Morgan fingerprint density at radius 1 is 1.21 bits per heavy atom. The minimum absolute atomic E-state index is 0.0252. The maximum atomic E-state index is 12.5. The lowest BCUT2D eigenvalue weighted by atomic mass is 10.4. The molecule has 0 aromatic carbocycles. The number of methoxy groups -OCH3 is 1. The van der Waals surface area contributed by atoms with Crippen LogP contribution < -0.4 is 4.72 Å². The lowest BCUT2D eigenvalue weighted by Crippen LogP contribution is -2.40. The second-order valence-corrected chi connectivity index (χ2v) is 9.36. The van der Waals surface area contributed by atoms with Crippen LogP contribution >= 0.6 is 0 Å². The number of H-pyrrole nitrogens is 1. The fraction of sp³-hybridized carbons (Fsp3) is 0.333. The predicted molar refractivity (Wildman–Crippen MR) is 96.8 cm³/mol. The van der Waals surface area contributed by atoms with E-state index in [-0.39, 0.29) is 34.4 Å². The van der Waals surface area contributed by atoms with Crippen LogP contribution in [0.3, 0.4) is 0 Å². The highest BCUT2D eigenvalue weighted by Crippen LogP contribution is 2.20. The molecular weight excluding hydrogens is 412 g/mol. The monoisotopic (exact) mass is 430 g/mol. The van der Waals surface area contributed by atoms with Crippen LogP contribution in [0.15, 0.2) is 40.4 Å². The number of anilines is 1. The van der Waals surface area contributed by atoms with Crippen molar-refractivity contribution in [3.8, 4) is 0 Å². The molecule has 2 N–H and O–H groups in total. The summed E-state index contributed by atoms with van der Waals surface area (Å²) in [6.45, 7) is 1.11. The number of morpholine rings is 1. The van der Waals surface area contributed by atoms with Gasteiger partial charge in [-0.1, -0.05) is 0 Å². The van der Waals surface area contributed by atoms with Crippen molar-refractivity contribution in [2.45, 2.75) is 9.79 Å². The summed E-state index contributed by atoms with van der Waals surface area (Å²) in [6, 6.07) is 3.64. The first kappa shape index (κ1) is 20.3. The van der Waals surface area contributed by atoms with Crippen molar-refractivity contribution >= 4 is 31.8 Å². The van der Waals surface area contributed by atoms with E-state index in [0.717, 1.165) is 18.5 Å². The van der Waals surface area contributed by atoms with Crippen LogP contribution in [0.2, 0.25) is 0 Å². The van der Waals surface area contributed by atoms with Crippen molar-refractivity contribution in [3.63, 3.8) is 0 Å². The summed E-state index contributed by atoms with van der Waals surface area (Å²) in [4.78, 5) is 17.6. The number of carbonyl (C=O) groups is 1. The van der Waals surface area contributed by atoms with Crippen LogP contribution in [-0.4, -0.2) is 70.5 Å². The molecule has 2 aromatic heterocycles. The molecule has 28 heavy (non-hydrogen) atoms. The Labute approximate surface area is 161 Å². The Balaban J connectivity index is 1.76. The Hall–Kier alpha value is -2.48. The molecule has 152 valence electrons. The first-order valence-electron chi connectivity index (χ1n) is 8.07. The highest BCUT2D eigenvalue weighted by atomic mass is 32.2. The summed E-state index contributed by atoms with van der Waals surface area (Å²) in [7, 11) is -6.58. The zero-order valence-electron chi connectivity index (χ0n) is 14.8. The molecular formula is C15H18N4O7S2. The van der Waals surface area contributed by atoms with Crippen molar-refractivity contribution < 1.29 is 31.1 Å². The predicted octanol–water partition coefficient (Wildman–Crippen LogP) is 0.0180. The van der Waals surface area contributed by atoms with Gasteiger partial charge < -0.3 is 14.5 Å². The van der Waals surface area contributed by atoms with Crippen molar-refractivity contribution in [3.05, 3.63) is 36.3 Å². The van der Waals surface area contributed by atoms with Gasteiger partial charge in [0.2, 0.25) is 10.0 Å². The van der Waals surface area contributed by atoms with Crippen LogP contribution in [0, 0.1) is 0 Å². The number of ether oxygens (including phenoxy) is 2. The molecule has 11 nitrogen and oxygen atoms in total. The molecule has 0 unspecified atom stereocenters. The van der Waals surface area contributed by atoms with E-state index in [2.05, 4.69) is 19.4 Å². The minimum Gasteiger partial charge on any atom is -0.464 e. The quantitative estimate of drug-likeness (QED) is 0.610. The van der Waals surface area contributed by atoms with E-state index < -0.39 is 26.0 Å². The summed E-state index contributed by atoms with van der Waals surface area (Å²) >= 11 is 0. The molecule has 0 atom stereocenters. The third-order valence-electron chi connectivity index (χ3n) is 3.96. The highest BCUT2D eigenvalue weighted by Gasteiger charge is 2.27. The normalized spacial score (nSPS) is 15.9. The summed E-state index contributed by atoms with van der Waals surface area (Å²) in [5.74, 6) is -0.779. The summed E-state index contributed by atoms with van der Waals surface area (Å²) < 4.78 is 63.0. The van der Waals surface area contributed by atoms with Crippen LogP contribution in [0.4, 0.5) is 5.82 Å². The summed E-state index contributed by atoms with van der Waals surface area (Å²) in [6.07, 6.45) is 2.21. The van der Waals surface area contributed by atoms with Gasteiger partial charge in [-0.3, -0.25) is 4.72 Å². The zero-order chi connectivity index (χ0) is 20.4. The Bertz CT molecular complexity index is 1060. The number of aromatic amines is 1. The lowest BCUT2D eigenvalue weighted by Gasteiger charge is -2.25. The molecule has 3 heterocycles. The van der Waals surface area contributed by atoms with Gasteiger partial charge in [0.15, 0.2) is 0 Å². The molecule has 0 radical (unpaired) electrons. The number of nitrogens with zero attached hydrogens (tertiary/aromatic N) is 2. The van der Waals surface area contributed by atoms with Gasteiger partial charge in [-0.05, 0) is 18.2 Å². The van der Waals surface area contributed by atoms with Gasteiger partial charge in [0.25, 0.3) is 10.0 Å². The average molecular weight is 430 g/mol. The van der Waals surface area contributed by atoms with Gasteiger partial charge in [-0.25, -0.2) is 26.6 Å². The zero-order valence-corrected chi connectivity index (χ0v) is 16.4. The maximum absolute atomic E-state index is 12.5. The van der Waals surface area contributed by atoms with E-state index in [1.54, 1.807) is 0 Å². The van der Waals surface area contributed by atoms with Gasteiger partial charge >= 0.3 is 5.97 Å². The Morgan fingerprint density at radius 2 is 1.93 bits per heavy atom.